The van der Waals surface area contributed by atoms with Crippen molar-refractivity contribution < 1.29 is 23.4 Å². The van der Waals surface area contributed by atoms with Gasteiger partial charge in [-0.25, -0.2) is 4.79 Å². The zero-order valence-corrected chi connectivity index (χ0v) is 12.3. The number of hydrogen-bond acceptors (Lipinski definition) is 4. The van der Waals surface area contributed by atoms with Crippen molar-refractivity contribution >= 4 is 18.6 Å². The van der Waals surface area contributed by atoms with Crippen molar-refractivity contribution in [1.29, 1.82) is 0 Å². The average Bonchev–Trinajstić information content (AvgIpc) is 2.50. The summed E-state index contributed by atoms with van der Waals surface area (Å²) in [6, 6.07) is 0. The van der Waals surface area contributed by atoms with Crippen molar-refractivity contribution in [2.45, 2.75) is 49.9 Å². The second-order valence-corrected chi connectivity index (χ2v) is 7.88. The molecule has 20 heavy (non-hydrogen) atoms. The van der Waals surface area contributed by atoms with Crippen LogP contribution in [0.2, 0.25) is 0 Å². The van der Waals surface area contributed by atoms with Gasteiger partial charge in [-0.15, -0.1) is 0 Å². The molecule has 0 saturated heterocycles. The van der Waals surface area contributed by atoms with Gasteiger partial charge in [-0.05, 0) is 56.8 Å². The molecular formula is C14H20F2O3S. The highest BCUT2D eigenvalue weighted by Crippen LogP contribution is 2.65. The Hall–Kier alpha value is -0.360. The van der Waals surface area contributed by atoms with Gasteiger partial charge in [0, 0.05) is 5.41 Å². The molecule has 0 amide bonds. The van der Waals surface area contributed by atoms with Crippen LogP contribution in [0.15, 0.2) is 0 Å². The molecule has 0 spiro atoms. The van der Waals surface area contributed by atoms with Crippen LogP contribution in [0, 0.1) is 23.2 Å². The number of esters is 1. The molecule has 2 bridgehead atoms. The standard InChI is InChI=1S/C14H20F2O3S/c1-12(18)3-8-2-9-4-13(6-12,5-10(8)9)7-19-11(17)14(15,16)20/h8-10,18,20H,2-7H2,1H3. The Kier molecular flexibility index (Phi) is 3.15. The van der Waals surface area contributed by atoms with Crippen molar-refractivity contribution in [2.75, 3.05) is 6.61 Å². The van der Waals surface area contributed by atoms with Gasteiger partial charge in [-0.3, -0.25) is 0 Å². The van der Waals surface area contributed by atoms with Crippen molar-refractivity contribution in [1.82, 2.24) is 0 Å². The molecule has 3 nitrogen and oxygen atoms in total. The lowest BCUT2D eigenvalue weighted by Crippen LogP contribution is -2.42. The summed E-state index contributed by atoms with van der Waals surface area (Å²) in [6.45, 7) is 1.77. The van der Waals surface area contributed by atoms with E-state index in [0.29, 0.717) is 24.2 Å². The van der Waals surface area contributed by atoms with Crippen LogP contribution in [-0.4, -0.2) is 28.5 Å². The van der Waals surface area contributed by atoms with E-state index in [1.165, 1.54) is 0 Å². The van der Waals surface area contributed by atoms with Crippen LogP contribution in [0.1, 0.15) is 39.0 Å². The first-order chi connectivity index (χ1) is 9.10. The van der Waals surface area contributed by atoms with Crippen molar-refractivity contribution in [3.8, 4) is 0 Å². The number of carbonyl (C=O) groups excluding carboxylic acids is 1. The first-order valence-electron chi connectivity index (χ1n) is 7.10. The van der Waals surface area contributed by atoms with E-state index in [0.717, 1.165) is 25.7 Å². The molecule has 0 aliphatic heterocycles. The number of halogens is 2. The van der Waals surface area contributed by atoms with Gasteiger partial charge in [0.2, 0.25) is 0 Å². The maximum Gasteiger partial charge on any atom is 0.388 e. The van der Waals surface area contributed by atoms with Gasteiger partial charge >= 0.3 is 11.2 Å². The largest absolute Gasteiger partial charge is 0.460 e. The summed E-state index contributed by atoms with van der Waals surface area (Å²) in [7, 11) is 0. The highest BCUT2D eigenvalue weighted by Gasteiger charge is 2.60. The van der Waals surface area contributed by atoms with E-state index >= 15 is 0 Å². The highest BCUT2D eigenvalue weighted by atomic mass is 32.1. The quantitative estimate of drug-likeness (QED) is 0.622. The zero-order chi connectivity index (χ0) is 14.8. The topological polar surface area (TPSA) is 46.5 Å². The number of alkyl halides is 2. The molecule has 3 aliphatic carbocycles. The molecule has 5 unspecified atom stereocenters. The molecule has 3 rings (SSSR count). The van der Waals surface area contributed by atoms with Gasteiger partial charge in [0.25, 0.3) is 0 Å². The summed E-state index contributed by atoms with van der Waals surface area (Å²) >= 11 is 2.94. The number of rotatable bonds is 3. The number of thiol groups is 1. The molecule has 0 aromatic carbocycles. The fourth-order valence-corrected chi connectivity index (χ4v) is 5.00. The van der Waals surface area contributed by atoms with Crippen molar-refractivity contribution in [2.24, 2.45) is 23.2 Å². The molecule has 6 heteroatoms. The zero-order valence-electron chi connectivity index (χ0n) is 11.4. The second kappa shape index (κ2) is 4.32. The van der Waals surface area contributed by atoms with Crippen LogP contribution in [0.3, 0.4) is 0 Å². The number of fused-ring (bicyclic) bond motifs is 1. The second-order valence-electron chi connectivity index (χ2n) is 7.32. The molecule has 3 saturated carbocycles. The van der Waals surface area contributed by atoms with Crippen molar-refractivity contribution in [3.63, 3.8) is 0 Å². The van der Waals surface area contributed by atoms with Gasteiger partial charge in [0.05, 0.1) is 12.2 Å². The predicted molar refractivity (Wildman–Crippen MR) is 71.5 cm³/mol. The molecule has 5 atom stereocenters. The Morgan fingerprint density at radius 1 is 1.40 bits per heavy atom. The molecule has 0 aromatic rings. The molecule has 0 aromatic heterocycles. The maximum absolute atomic E-state index is 12.8. The maximum atomic E-state index is 12.8. The minimum atomic E-state index is -3.75. The summed E-state index contributed by atoms with van der Waals surface area (Å²) < 4.78 is 30.3. The smallest absolute Gasteiger partial charge is 0.388 e. The summed E-state index contributed by atoms with van der Waals surface area (Å²) in [4.78, 5) is 11.2. The molecule has 3 aliphatic rings. The lowest BCUT2D eigenvalue weighted by molar-refractivity contribution is -0.165. The molecular weight excluding hydrogens is 286 g/mol. The van der Waals surface area contributed by atoms with E-state index in [1.54, 1.807) is 6.92 Å². The molecule has 0 heterocycles. The summed E-state index contributed by atoms with van der Waals surface area (Å²) in [5.74, 6) is 0.141. The Morgan fingerprint density at radius 2 is 2.05 bits per heavy atom. The molecule has 1 N–H and O–H groups in total. The minimum Gasteiger partial charge on any atom is -0.460 e. The van der Waals surface area contributed by atoms with Crippen LogP contribution in [0.25, 0.3) is 0 Å². The summed E-state index contributed by atoms with van der Waals surface area (Å²) in [5, 5.41) is 6.71. The van der Waals surface area contributed by atoms with Gasteiger partial charge in [0.1, 0.15) is 0 Å². The first kappa shape index (κ1) is 14.6. The third-order valence-corrected chi connectivity index (χ3v) is 5.58. The predicted octanol–water partition coefficient (Wildman–Crippen LogP) is 2.63. The number of carbonyl (C=O) groups is 1. The minimum absolute atomic E-state index is 0.0299. The number of aliphatic hydroxyl groups is 1. The van der Waals surface area contributed by atoms with Gasteiger partial charge in [-0.1, -0.05) is 12.6 Å². The van der Waals surface area contributed by atoms with Crippen LogP contribution >= 0.6 is 12.6 Å². The Bertz CT molecular complexity index is 435. The van der Waals surface area contributed by atoms with E-state index in [4.69, 9.17) is 4.74 Å². The van der Waals surface area contributed by atoms with Gasteiger partial charge in [0.15, 0.2) is 0 Å². The van der Waals surface area contributed by atoms with Crippen LogP contribution < -0.4 is 0 Å². The van der Waals surface area contributed by atoms with E-state index in [-0.39, 0.29) is 12.0 Å². The normalized spacial score (nSPS) is 46.5. The van der Waals surface area contributed by atoms with E-state index in [9.17, 15) is 18.7 Å². The Morgan fingerprint density at radius 3 is 2.70 bits per heavy atom. The van der Waals surface area contributed by atoms with Crippen LogP contribution in [-0.2, 0) is 9.53 Å². The fraction of sp³-hybridized carbons (Fsp3) is 0.929. The molecule has 0 radical (unpaired) electrons. The van der Waals surface area contributed by atoms with Crippen LogP contribution in [0.5, 0.6) is 0 Å². The van der Waals surface area contributed by atoms with Gasteiger partial charge < -0.3 is 9.84 Å². The first-order valence-corrected chi connectivity index (χ1v) is 7.55. The molecule has 3 fully saturated rings. The lowest BCUT2D eigenvalue weighted by Gasteiger charge is -2.45. The van der Waals surface area contributed by atoms with E-state index in [2.05, 4.69) is 12.6 Å². The number of ether oxygens (including phenoxy) is 1. The monoisotopic (exact) mass is 306 g/mol. The summed E-state index contributed by atoms with van der Waals surface area (Å²) in [6.07, 6.45) is 4.15. The third kappa shape index (κ3) is 2.45. The highest BCUT2D eigenvalue weighted by molar-refractivity contribution is 7.82. The Balaban J connectivity index is 1.72. The van der Waals surface area contributed by atoms with Gasteiger partial charge in [-0.2, -0.15) is 8.78 Å². The fourth-order valence-electron chi connectivity index (χ4n) is 4.93. The number of hydrogen-bond donors (Lipinski definition) is 2. The Labute approximate surface area is 122 Å². The third-order valence-electron chi connectivity index (χ3n) is 5.39. The SMILES string of the molecule is CC1(O)CC2CC3CC(COC(=O)C(F)(F)S)(CC23)C1. The lowest BCUT2D eigenvalue weighted by atomic mass is 9.62. The van der Waals surface area contributed by atoms with E-state index < -0.39 is 16.8 Å². The molecule has 114 valence electrons. The van der Waals surface area contributed by atoms with Crippen LogP contribution in [0.4, 0.5) is 8.78 Å². The average molecular weight is 306 g/mol. The van der Waals surface area contributed by atoms with E-state index in [1.807, 2.05) is 0 Å². The summed E-state index contributed by atoms with van der Waals surface area (Å²) in [5.41, 5.74) is -1.13. The van der Waals surface area contributed by atoms with Crippen molar-refractivity contribution in [3.05, 3.63) is 0 Å².